The van der Waals surface area contributed by atoms with Gasteiger partial charge in [-0.25, -0.2) is 4.98 Å². The zero-order chi connectivity index (χ0) is 19.0. The summed E-state index contributed by atoms with van der Waals surface area (Å²) in [6.07, 6.45) is 0. The van der Waals surface area contributed by atoms with Gasteiger partial charge in [-0.1, -0.05) is 29.3 Å². The summed E-state index contributed by atoms with van der Waals surface area (Å²) in [4.78, 5) is 20.3. The topological polar surface area (TPSA) is 57.8 Å². The van der Waals surface area contributed by atoms with Crippen molar-refractivity contribution in [2.24, 2.45) is 0 Å². The molecular formula is C22H18ClN3O. The van der Waals surface area contributed by atoms with Crippen molar-refractivity contribution in [3.8, 4) is 11.4 Å². The molecule has 2 N–H and O–H groups in total. The number of H-pyrrole nitrogens is 1. The maximum absolute atomic E-state index is 12.4. The number of carbonyl (C=O) groups excluding carboxylic acids is 1. The maximum Gasteiger partial charge on any atom is 0.255 e. The molecule has 4 rings (SSSR count). The summed E-state index contributed by atoms with van der Waals surface area (Å²) in [5.41, 5.74) is 6.16. The van der Waals surface area contributed by atoms with E-state index in [9.17, 15) is 4.79 Å². The third-order valence-electron chi connectivity index (χ3n) is 4.46. The predicted molar refractivity (Wildman–Crippen MR) is 110 cm³/mol. The number of imidazole rings is 1. The predicted octanol–water partition coefficient (Wildman–Crippen LogP) is 5.75. The van der Waals surface area contributed by atoms with Gasteiger partial charge in [0, 0.05) is 21.8 Å². The molecule has 0 aliphatic rings. The normalized spacial score (nSPS) is 10.9. The molecule has 3 aromatic carbocycles. The molecule has 0 aliphatic heterocycles. The van der Waals surface area contributed by atoms with E-state index in [1.165, 1.54) is 0 Å². The molecular weight excluding hydrogens is 358 g/mol. The van der Waals surface area contributed by atoms with Crippen LogP contribution in [0.1, 0.15) is 21.5 Å². The molecule has 1 heterocycles. The van der Waals surface area contributed by atoms with E-state index in [1.54, 1.807) is 6.07 Å². The van der Waals surface area contributed by atoms with Crippen LogP contribution in [-0.4, -0.2) is 15.9 Å². The van der Waals surface area contributed by atoms with E-state index >= 15 is 0 Å². The van der Waals surface area contributed by atoms with Crippen LogP contribution < -0.4 is 5.32 Å². The Morgan fingerprint density at radius 2 is 1.81 bits per heavy atom. The average molecular weight is 376 g/mol. The maximum atomic E-state index is 12.4. The molecule has 5 heteroatoms. The highest BCUT2D eigenvalue weighted by Crippen LogP contribution is 2.26. The lowest BCUT2D eigenvalue weighted by molar-refractivity contribution is 0.102. The summed E-state index contributed by atoms with van der Waals surface area (Å²) >= 11 is 6.18. The Morgan fingerprint density at radius 3 is 2.56 bits per heavy atom. The number of nitrogens with one attached hydrogen (secondary N) is 2. The number of anilines is 1. The average Bonchev–Trinajstić information content (AvgIpc) is 3.05. The van der Waals surface area contributed by atoms with Crippen LogP contribution in [0.5, 0.6) is 0 Å². The van der Waals surface area contributed by atoms with Gasteiger partial charge in [-0.3, -0.25) is 4.79 Å². The van der Waals surface area contributed by atoms with Gasteiger partial charge in [0.15, 0.2) is 0 Å². The fraction of sp³-hybridized carbons (Fsp3) is 0.0909. The molecule has 134 valence electrons. The third-order valence-corrected chi connectivity index (χ3v) is 4.87. The number of halogens is 1. The lowest BCUT2D eigenvalue weighted by atomic mass is 10.1. The molecule has 0 fully saturated rings. The molecule has 0 saturated carbocycles. The number of hydrogen-bond donors (Lipinski definition) is 2. The highest BCUT2D eigenvalue weighted by Gasteiger charge is 2.09. The molecule has 0 aliphatic carbocycles. The number of aryl methyl sites for hydroxylation is 2. The number of rotatable bonds is 3. The van der Waals surface area contributed by atoms with Gasteiger partial charge in [-0.2, -0.15) is 0 Å². The molecule has 1 amide bonds. The molecule has 0 unspecified atom stereocenters. The van der Waals surface area contributed by atoms with E-state index in [0.29, 0.717) is 10.6 Å². The second-order valence-corrected chi connectivity index (χ2v) is 7.01. The molecule has 0 saturated heterocycles. The molecule has 0 radical (unpaired) electrons. The van der Waals surface area contributed by atoms with Crippen molar-refractivity contribution in [3.63, 3.8) is 0 Å². The van der Waals surface area contributed by atoms with E-state index in [4.69, 9.17) is 11.6 Å². The van der Waals surface area contributed by atoms with Crippen LogP contribution in [0.4, 0.5) is 5.69 Å². The number of hydrogen-bond acceptors (Lipinski definition) is 2. The molecule has 27 heavy (non-hydrogen) atoms. The van der Waals surface area contributed by atoms with E-state index < -0.39 is 0 Å². The number of amides is 1. The smallest absolute Gasteiger partial charge is 0.255 e. The van der Waals surface area contributed by atoms with Crippen LogP contribution in [0, 0.1) is 13.8 Å². The van der Waals surface area contributed by atoms with Crippen LogP contribution in [0.25, 0.3) is 22.4 Å². The lowest BCUT2D eigenvalue weighted by Gasteiger charge is -2.06. The zero-order valence-corrected chi connectivity index (χ0v) is 15.8. The first-order valence-corrected chi connectivity index (χ1v) is 9.02. The first-order valence-electron chi connectivity index (χ1n) is 8.64. The molecule has 0 spiro atoms. The van der Waals surface area contributed by atoms with Gasteiger partial charge >= 0.3 is 0 Å². The lowest BCUT2D eigenvalue weighted by Crippen LogP contribution is -2.11. The molecule has 4 nitrogen and oxygen atoms in total. The second kappa shape index (κ2) is 6.89. The Kier molecular flexibility index (Phi) is 4.42. The van der Waals surface area contributed by atoms with Crippen LogP contribution >= 0.6 is 11.6 Å². The quantitative estimate of drug-likeness (QED) is 0.478. The first kappa shape index (κ1) is 17.3. The van der Waals surface area contributed by atoms with E-state index in [-0.39, 0.29) is 5.91 Å². The monoisotopic (exact) mass is 375 g/mol. The summed E-state index contributed by atoms with van der Waals surface area (Å²) in [5, 5.41) is 3.62. The van der Waals surface area contributed by atoms with Crippen molar-refractivity contribution in [3.05, 3.63) is 82.4 Å². The van der Waals surface area contributed by atoms with Gasteiger partial charge in [0.05, 0.1) is 11.0 Å². The Morgan fingerprint density at radius 1 is 1.04 bits per heavy atom. The zero-order valence-electron chi connectivity index (χ0n) is 15.0. The number of fused-ring (bicyclic) bond motifs is 1. The van der Waals surface area contributed by atoms with Gasteiger partial charge in [0.25, 0.3) is 5.91 Å². The summed E-state index contributed by atoms with van der Waals surface area (Å²) in [6.45, 7) is 3.93. The summed E-state index contributed by atoms with van der Waals surface area (Å²) < 4.78 is 0. The minimum Gasteiger partial charge on any atom is -0.338 e. The third kappa shape index (κ3) is 3.57. The minimum absolute atomic E-state index is 0.125. The SMILES string of the molecule is Cc1cccc(C(=O)Nc2ccc(-c3nc4cc(Cl)c(C)cc4[nH]3)cc2)c1. The molecule has 0 atom stereocenters. The van der Waals surface area contributed by atoms with Crippen molar-refractivity contribution < 1.29 is 4.79 Å². The Labute approximate surface area is 162 Å². The minimum atomic E-state index is -0.125. The van der Waals surface area contributed by atoms with Crippen LogP contribution in [-0.2, 0) is 0 Å². The van der Waals surface area contributed by atoms with E-state index in [2.05, 4.69) is 15.3 Å². The molecule has 0 bridgehead atoms. The van der Waals surface area contributed by atoms with Crippen LogP contribution in [0.2, 0.25) is 5.02 Å². The van der Waals surface area contributed by atoms with Gasteiger partial charge in [-0.15, -0.1) is 0 Å². The fourth-order valence-electron chi connectivity index (χ4n) is 2.98. The summed E-state index contributed by atoms with van der Waals surface area (Å²) in [5.74, 6) is 0.642. The van der Waals surface area contributed by atoms with Crippen molar-refractivity contribution in [2.75, 3.05) is 5.32 Å². The Hall–Kier alpha value is -3.11. The number of nitrogens with zero attached hydrogens (tertiary/aromatic N) is 1. The first-order chi connectivity index (χ1) is 13.0. The number of aromatic amines is 1. The Bertz CT molecular complexity index is 1110. The van der Waals surface area contributed by atoms with Gasteiger partial charge in [-0.05, 0) is 67.9 Å². The van der Waals surface area contributed by atoms with Crippen molar-refractivity contribution in [2.45, 2.75) is 13.8 Å². The van der Waals surface area contributed by atoms with Crippen molar-refractivity contribution in [1.29, 1.82) is 0 Å². The second-order valence-electron chi connectivity index (χ2n) is 6.60. The molecule has 1 aromatic heterocycles. The van der Waals surface area contributed by atoms with E-state index in [1.807, 2.05) is 68.4 Å². The largest absolute Gasteiger partial charge is 0.338 e. The van der Waals surface area contributed by atoms with Crippen molar-refractivity contribution >= 4 is 34.2 Å². The van der Waals surface area contributed by atoms with Gasteiger partial charge in [0.1, 0.15) is 5.82 Å². The number of benzene rings is 3. The standard InChI is InChI=1S/C22H18ClN3O/c1-13-4-3-5-16(10-13)22(27)24-17-8-6-15(7-9-17)21-25-19-11-14(2)18(23)12-20(19)26-21/h3-12H,1-2H3,(H,24,27)(H,25,26). The van der Waals surface area contributed by atoms with Crippen molar-refractivity contribution in [1.82, 2.24) is 9.97 Å². The summed E-state index contributed by atoms with van der Waals surface area (Å²) in [6, 6.07) is 19.0. The Balaban J connectivity index is 1.56. The highest BCUT2D eigenvalue weighted by atomic mass is 35.5. The number of carbonyl (C=O) groups is 1. The highest BCUT2D eigenvalue weighted by molar-refractivity contribution is 6.32. The molecule has 4 aromatic rings. The summed E-state index contributed by atoms with van der Waals surface area (Å²) in [7, 11) is 0. The van der Waals surface area contributed by atoms with Gasteiger partial charge < -0.3 is 10.3 Å². The van der Waals surface area contributed by atoms with Gasteiger partial charge in [0.2, 0.25) is 0 Å². The van der Waals surface area contributed by atoms with E-state index in [0.717, 1.165) is 39.2 Å². The van der Waals surface area contributed by atoms with Crippen LogP contribution in [0.15, 0.2) is 60.7 Å². The number of aromatic nitrogens is 2. The fourth-order valence-corrected chi connectivity index (χ4v) is 3.14. The van der Waals surface area contributed by atoms with Crippen LogP contribution in [0.3, 0.4) is 0 Å².